The first-order valence-corrected chi connectivity index (χ1v) is 10.0. The third-order valence-electron chi connectivity index (χ3n) is 4.31. The maximum Gasteiger partial charge on any atom is 0.191 e. The van der Waals surface area contributed by atoms with E-state index in [2.05, 4.69) is 53.7 Å². The van der Waals surface area contributed by atoms with E-state index in [1.165, 1.54) is 10.4 Å². The van der Waals surface area contributed by atoms with Crippen molar-refractivity contribution in [1.82, 2.24) is 20.5 Å². The van der Waals surface area contributed by atoms with Gasteiger partial charge in [-0.1, -0.05) is 12.1 Å². The number of benzene rings is 1. The third-order valence-corrected chi connectivity index (χ3v) is 5.37. The molecule has 1 unspecified atom stereocenters. The molecule has 0 spiro atoms. The van der Waals surface area contributed by atoms with Crippen molar-refractivity contribution in [3.05, 3.63) is 45.4 Å². The predicted molar refractivity (Wildman–Crippen MR) is 129 cm³/mol. The highest BCUT2D eigenvalue weighted by Gasteiger charge is 2.15. The van der Waals surface area contributed by atoms with Crippen LogP contribution in [0.3, 0.4) is 0 Å². The summed E-state index contributed by atoms with van der Waals surface area (Å²) in [4.78, 5) is 12.6. The SMILES string of the molecule is CCNC(=NCc1sc(C)nc1C)NCC(c1ccc(OC)cc1)N(C)C.I. The van der Waals surface area contributed by atoms with Crippen LogP contribution < -0.4 is 15.4 Å². The van der Waals surface area contributed by atoms with E-state index >= 15 is 0 Å². The van der Waals surface area contributed by atoms with Crippen LogP contribution in [0.4, 0.5) is 0 Å². The van der Waals surface area contributed by atoms with E-state index < -0.39 is 0 Å². The van der Waals surface area contributed by atoms with E-state index in [1.54, 1.807) is 18.4 Å². The Kier molecular flexibility index (Phi) is 10.8. The molecule has 0 amide bonds. The highest BCUT2D eigenvalue weighted by atomic mass is 127. The first-order valence-electron chi connectivity index (χ1n) is 9.20. The summed E-state index contributed by atoms with van der Waals surface area (Å²) in [5, 5.41) is 7.89. The number of likely N-dealkylation sites (N-methyl/N-ethyl adjacent to an activating group) is 1. The van der Waals surface area contributed by atoms with Crippen LogP contribution in [0, 0.1) is 13.8 Å². The van der Waals surface area contributed by atoms with Crippen molar-refractivity contribution in [2.75, 3.05) is 34.3 Å². The summed E-state index contributed by atoms with van der Waals surface area (Å²) in [5.74, 6) is 1.69. The summed E-state index contributed by atoms with van der Waals surface area (Å²) in [6.45, 7) is 8.37. The molecule has 1 heterocycles. The number of hydrogen-bond donors (Lipinski definition) is 2. The van der Waals surface area contributed by atoms with Crippen LogP contribution >= 0.6 is 35.3 Å². The average molecular weight is 517 g/mol. The van der Waals surface area contributed by atoms with Crippen LogP contribution in [-0.2, 0) is 6.54 Å². The average Bonchev–Trinajstić information content (AvgIpc) is 2.97. The van der Waals surface area contributed by atoms with Crippen LogP contribution in [0.1, 0.15) is 34.1 Å². The number of nitrogens with zero attached hydrogens (tertiary/aromatic N) is 3. The first kappa shape index (κ1) is 24.6. The Balaban J connectivity index is 0.00000392. The van der Waals surface area contributed by atoms with Crippen molar-refractivity contribution in [3.8, 4) is 5.75 Å². The van der Waals surface area contributed by atoms with Crippen LogP contribution in [0.2, 0.25) is 0 Å². The van der Waals surface area contributed by atoms with Gasteiger partial charge in [-0.25, -0.2) is 9.98 Å². The number of thiazole rings is 1. The summed E-state index contributed by atoms with van der Waals surface area (Å²) in [7, 11) is 5.86. The van der Waals surface area contributed by atoms with Gasteiger partial charge in [0, 0.05) is 18.0 Å². The zero-order valence-electron chi connectivity index (χ0n) is 17.6. The lowest BCUT2D eigenvalue weighted by Gasteiger charge is -2.26. The topological polar surface area (TPSA) is 61.8 Å². The lowest BCUT2D eigenvalue weighted by Crippen LogP contribution is -2.41. The number of methoxy groups -OCH3 is 1. The summed E-state index contributed by atoms with van der Waals surface area (Å²) in [6.07, 6.45) is 0. The van der Waals surface area contributed by atoms with Crippen LogP contribution in [0.25, 0.3) is 0 Å². The lowest BCUT2D eigenvalue weighted by molar-refractivity contribution is 0.298. The molecule has 2 N–H and O–H groups in total. The van der Waals surface area contributed by atoms with Crippen LogP contribution in [0.5, 0.6) is 5.75 Å². The maximum absolute atomic E-state index is 5.26. The molecular formula is C20H32IN5OS. The van der Waals surface area contributed by atoms with Crippen molar-refractivity contribution in [2.24, 2.45) is 4.99 Å². The Hall–Kier alpha value is -1.39. The molecule has 1 aromatic heterocycles. The quantitative estimate of drug-likeness (QED) is 0.318. The van der Waals surface area contributed by atoms with Gasteiger partial charge >= 0.3 is 0 Å². The minimum Gasteiger partial charge on any atom is -0.497 e. The van der Waals surface area contributed by atoms with Crippen molar-refractivity contribution in [1.29, 1.82) is 0 Å². The van der Waals surface area contributed by atoms with E-state index in [9.17, 15) is 0 Å². The summed E-state index contributed by atoms with van der Waals surface area (Å²) in [6, 6.07) is 8.45. The number of aromatic nitrogens is 1. The highest BCUT2D eigenvalue weighted by Crippen LogP contribution is 2.21. The largest absolute Gasteiger partial charge is 0.497 e. The molecule has 156 valence electrons. The number of nitrogens with one attached hydrogen (secondary N) is 2. The number of rotatable bonds is 8. The van der Waals surface area contributed by atoms with Crippen molar-refractivity contribution >= 4 is 41.3 Å². The standard InChI is InChI=1S/C20H31N5OS.HI/c1-7-21-20(23-13-19-14(2)24-15(3)27-19)22-12-18(25(4)5)16-8-10-17(26-6)11-9-16;/h8-11,18H,7,12-13H2,1-6H3,(H2,21,22,23);1H. The molecular weight excluding hydrogens is 485 g/mol. The molecule has 2 aromatic rings. The number of aryl methyl sites for hydroxylation is 2. The Bertz CT molecular complexity index is 746. The first-order chi connectivity index (χ1) is 12.9. The van der Waals surface area contributed by atoms with Gasteiger partial charge in [0.1, 0.15) is 5.75 Å². The van der Waals surface area contributed by atoms with Gasteiger partial charge in [0.05, 0.1) is 30.4 Å². The smallest absolute Gasteiger partial charge is 0.191 e. The molecule has 28 heavy (non-hydrogen) atoms. The second kappa shape index (κ2) is 12.2. The molecule has 0 radical (unpaired) electrons. The fourth-order valence-electron chi connectivity index (χ4n) is 2.83. The Morgan fingerprint density at radius 2 is 1.89 bits per heavy atom. The van der Waals surface area contributed by atoms with Gasteiger partial charge in [-0.15, -0.1) is 35.3 Å². The molecule has 8 heteroatoms. The van der Waals surface area contributed by atoms with Crippen LogP contribution in [0.15, 0.2) is 29.3 Å². The highest BCUT2D eigenvalue weighted by molar-refractivity contribution is 14.0. The summed E-state index contributed by atoms with van der Waals surface area (Å²) >= 11 is 1.71. The van der Waals surface area contributed by atoms with Gasteiger partial charge in [0.2, 0.25) is 0 Å². The number of hydrogen-bond acceptors (Lipinski definition) is 5. The zero-order valence-corrected chi connectivity index (χ0v) is 20.7. The zero-order chi connectivity index (χ0) is 19.8. The van der Waals surface area contributed by atoms with Crippen LogP contribution in [-0.4, -0.2) is 50.1 Å². The molecule has 6 nitrogen and oxygen atoms in total. The Morgan fingerprint density at radius 1 is 1.21 bits per heavy atom. The molecule has 0 aliphatic rings. The normalized spacial score (nSPS) is 12.5. The second-order valence-corrected chi connectivity index (χ2v) is 7.86. The number of aliphatic imine (C=N–C) groups is 1. The van der Waals surface area contributed by atoms with Crippen molar-refractivity contribution < 1.29 is 4.74 Å². The Labute approximate surface area is 189 Å². The van der Waals surface area contributed by atoms with Crippen molar-refractivity contribution in [2.45, 2.75) is 33.4 Å². The van der Waals surface area contributed by atoms with Gasteiger partial charge in [0.25, 0.3) is 0 Å². The molecule has 0 aliphatic carbocycles. The predicted octanol–water partition coefficient (Wildman–Crippen LogP) is 3.74. The number of guanidine groups is 1. The Morgan fingerprint density at radius 3 is 2.39 bits per heavy atom. The lowest BCUT2D eigenvalue weighted by atomic mass is 10.1. The van der Waals surface area contributed by atoms with Gasteiger partial charge in [-0.2, -0.15) is 0 Å². The van der Waals surface area contributed by atoms with Crippen molar-refractivity contribution in [3.63, 3.8) is 0 Å². The maximum atomic E-state index is 5.26. The fraction of sp³-hybridized carbons (Fsp3) is 0.500. The van der Waals surface area contributed by atoms with Gasteiger partial charge in [-0.3, -0.25) is 0 Å². The summed E-state index contributed by atoms with van der Waals surface area (Å²) < 4.78 is 5.26. The fourth-order valence-corrected chi connectivity index (χ4v) is 3.69. The van der Waals surface area contributed by atoms with E-state index in [-0.39, 0.29) is 30.0 Å². The molecule has 0 bridgehead atoms. The molecule has 2 rings (SSSR count). The van der Waals surface area contributed by atoms with E-state index in [0.29, 0.717) is 6.54 Å². The molecule has 1 aromatic carbocycles. The molecule has 0 aliphatic heterocycles. The molecule has 0 saturated carbocycles. The van der Waals surface area contributed by atoms with E-state index in [1.807, 2.05) is 26.0 Å². The minimum absolute atomic E-state index is 0. The van der Waals surface area contributed by atoms with Gasteiger partial charge in [-0.05, 0) is 52.6 Å². The van der Waals surface area contributed by atoms with Gasteiger partial charge < -0.3 is 20.3 Å². The molecule has 0 fully saturated rings. The second-order valence-electron chi connectivity index (χ2n) is 6.57. The summed E-state index contributed by atoms with van der Waals surface area (Å²) in [5.41, 5.74) is 2.31. The minimum atomic E-state index is 0. The number of ether oxygens (including phenoxy) is 1. The van der Waals surface area contributed by atoms with E-state index in [4.69, 9.17) is 9.73 Å². The van der Waals surface area contributed by atoms with E-state index in [0.717, 1.165) is 35.5 Å². The third kappa shape index (κ3) is 7.21. The molecule has 1 atom stereocenters. The van der Waals surface area contributed by atoms with Gasteiger partial charge in [0.15, 0.2) is 5.96 Å². The number of halogens is 1. The molecule has 0 saturated heterocycles. The monoisotopic (exact) mass is 517 g/mol.